The third kappa shape index (κ3) is 3.35. The van der Waals surface area contributed by atoms with Crippen LogP contribution in [0.25, 0.3) is 0 Å². The maximum Gasteiger partial charge on any atom is 0.240 e. The van der Waals surface area contributed by atoms with Crippen LogP contribution in [0.3, 0.4) is 0 Å². The molecule has 1 aromatic rings. The molecular formula is C12H17BrN2O3S. The molecule has 0 amide bonds. The van der Waals surface area contributed by atoms with Crippen LogP contribution in [0.4, 0.5) is 0 Å². The van der Waals surface area contributed by atoms with Gasteiger partial charge in [-0.05, 0) is 30.7 Å². The second-order valence-corrected chi connectivity index (χ2v) is 7.14. The molecule has 2 rings (SSSR count). The van der Waals surface area contributed by atoms with Gasteiger partial charge in [-0.1, -0.05) is 15.9 Å². The molecule has 5 nitrogen and oxygen atoms in total. The predicted octanol–water partition coefficient (Wildman–Crippen LogP) is 1.02. The monoisotopic (exact) mass is 348 g/mol. The normalized spacial score (nSPS) is 23.7. The Morgan fingerprint density at radius 2 is 2.16 bits per heavy atom. The number of rotatable bonds is 4. The highest BCUT2D eigenvalue weighted by Crippen LogP contribution is 2.20. The van der Waals surface area contributed by atoms with E-state index in [1.807, 2.05) is 6.92 Å². The van der Waals surface area contributed by atoms with Crippen molar-refractivity contribution >= 4 is 26.0 Å². The fourth-order valence-corrected chi connectivity index (χ4v) is 3.67. The Kier molecular flexibility index (Phi) is 4.62. The molecule has 0 spiro atoms. The van der Waals surface area contributed by atoms with Crippen LogP contribution in [0.2, 0.25) is 0 Å². The van der Waals surface area contributed by atoms with Gasteiger partial charge in [-0.25, -0.2) is 13.1 Å². The van der Waals surface area contributed by atoms with E-state index in [1.54, 1.807) is 25.3 Å². The van der Waals surface area contributed by atoms with Gasteiger partial charge in [-0.2, -0.15) is 0 Å². The lowest BCUT2D eigenvalue weighted by molar-refractivity contribution is 0.103. The Labute approximate surface area is 121 Å². The molecule has 19 heavy (non-hydrogen) atoms. The maximum atomic E-state index is 12.3. The van der Waals surface area contributed by atoms with Crippen LogP contribution in [0, 0.1) is 6.92 Å². The standard InChI is InChI=1S/C12H17BrN2O3S/c1-8-5-9(3-4-10(8)13)19(16,17)15-11-6-14-7-12(11)18-2/h3-5,11-12,14-15H,6-7H2,1-2H3/t11?,12-/m0/s1. The lowest BCUT2D eigenvalue weighted by atomic mass is 10.2. The van der Waals surface area contributed by atoms with Gasteiger partial charge in [0.2, 0.25) is 10.0 Å². The first-order valence-electron chi connectivity index (χ1n) is 5.96. The van der Waals surface area contributed by atoms with E-state index in [9.17, 15) is 8.42 Å². The number of nitrogens with one attached hydrogen (secondary N) is 2. The summed E-state index contributed by atoms with van der Waals surface area (Å²) in [5.41, 5.74) is 0.885. The smallest absolute Gasteiger partial charge is 0.240 e. The minimum Gasteiger partial charge on any atom is -0.378 e. The first kappa shape index (κ1) is 14.9. The van der Waals surface area contributed by atoms with Crippen LogP contribution in [0.1, 0.15) is 5.56 Å². The van der Waals surface area contributed by atoms with Gasteiger partial charge in [0.1, 0.15) is 0 Å². The summed E-state index contributed by atoms with van der Waals surface area (Å²) < 4.78 is 33.4. The van der Waals surface area contributed by atoms with Crippen molar-refractivity contribution < 1.29 is 13.2 Å². The summed E-state index contributed by atoms with van der Waals surface area (Å²) in [6, 6.07) is 4.74. The number of aryl methyl sites for hydroxylation is 1. The van der Waals surface area contributed by atoms with Gasteiger partial charge < -0.3 is 10.1 Å². The molecule has 1 saturated heterocycles. The van der Waals surface area contributed by atoms with Gasteiger partial charge in [0.15, 0.2) is 0 Å². The fourth-order valence-electron chi connectivity index (χ4n) is 2.07. The van der Waals surface area contributed by atoms with Crippen molar-refractivity contribution in [3.05, 3.63) is 28.2 Å². The molecule has 1 fully saturated rings. The third-order valence-electron chi connectivity index (χ3n) is 3.21. The maximum absolute atomic E-state index is 12.3. The summed E-state index contributed by atoms with van der Waals surface area (Å²) in [7, 11) is -1.93. The SMILES string of the molecule is CO[C@H]1CNCC1NS(=O)(=O)c1ccc(Br)c(C)c1. The highest BCUT2D eigenvalue weighted by atomic mass is 79.9. The predicted molar refractivity (Wildman–Crippen MR) is 76.7 cm³/mol. The Balaban J connectivity index is 2.20. The number of hydrogen-bond donors (Lipinski definition) is 2. The lowest BCUT2D eigenvalue weighted by Gasteiger charge is -2.18. The van der Waals surface area contributed by atoms with E-state index < -0.39 is 10.0 Å². The molecule has 1 aromatic carbocycles. The topological polar surface area (TPSA) is 67.4 Å². The molecule has 7 heteroatoms. The van der Waals surface area contributed by atoms with Gasteiger partial charge in [0.25, 0.3) is 0 Å². The summed E-state index contributed by atoms with van der Waals surface area (Å²) >= 11 is 3.36. The third-order valence-corrected chi connectivity index (χ3v) is 5.58. The van der Waals surface area contributed by atoms with Gasteiger partial charge in [-0.3, -0.25) is 0 Å². The number of ether oxygens (including phenoxy) is 1. The Morgan fingerprint density at radius 1 is 1.42 bits per heavy atom. The van der Waals surface area contributed by atoms with Crippen molar-refractivity contribution in [3.8, 4) is 0 Å². The van der Waals surface area contributed by atoms with Crippen LogP contribution < -0.4 is 10.0 Å². The van der Waals surface area contributed by atoms with E-state index >= 15 is 0 Å². The number of hydrogen-bond acceptors (Lipinski definition) is 4. The number of methoxy groups -OCH3 is 1. The van der Waals surface area contributed by atoms with Gasteiger partial charge in [0, 0.05) is 24.7 Å². The van der Waals surface area contributed by atoms with Crippen molar-refractivity contribution in [1.29, 1.82) is 0 Å². The summed E-state index contributed by atoms with van der Waals surface area (Å²) in [5, 5.41) is 3.11. The molecular weight excluding hydrogens is 332 g/mol. The van der Waals surface area contributed by atoms with Crippen molar-refractivity contribution in [2.45, 2.75) is 24.0 Å². The molecule has 1 aliphatic heterocycles. The van der Waals surface area contributed by atoms with Gasteiger partial charge in [0.05, 0.1) is 17.0 Å². The minimum absolute atomic E-state index is 0.133. The van der Waals surface area contributed by atoms with E-state index in [2.05, 4.69) is 26.0 Å². The van der Waals surface area contributed by atoms with E-state index in [1.165, 1.54) is 0 Å². The lowest BCUT2D eigenvalue weighted by Crippen LogP contribution is -2.43. The van der Waals surface area contributed by atoms with Gasteiger partial charge in [-0.15, -0.1) is 0 Å². The largest absolute Gasteiger partial charge is 0.378 e. The van der Waals surface area contributed by atoms with Crippen molar-refractivity contribution in [1.82, 2.24) is 10.0 Å². The zero-order valence-electron chi connectivity index (χ0n) is 10.8. The van der Waals surface area contributed by atoms with Crippen molar-refractivity contribution in [2.75, 3.05) is 20.2 Å². The molecule has 2 atom stereocenters. The second kappa shape index (κ2) is 5.88. The van der Waals surface area contributed by atoms with Crippen molar-refractivity contribution in [3.63, 3.8) is 0 Å². The fraction of sp³-hybridized carbons (Fsp3) is 0.500. The molecule has 106 valence electrons. The molecule has 0 aliphatic carbocycles. The van der Waals surface area contributed by atoms with Crippen LogP contribution in [-0.4, -0.2) is 40.8 Å². The van der Waals surface area contributed by atoms with E-state index in [-0.39, 0.29) is 17.0 Å². The summed E-state index contributed by atoms with van der Waals surface area (Å²) in [6.07, 6.45) is -0.133. The molecule has 0 bridgehead atoms. The quantitative estimate of drug-likeness (QED) is 0.852. The van der Waals surface area contributed by atoms with Crippen LogP contribution >= 0.6 is 15.9 Å². The van der Waals surface area contributed by atoms with Gasteiger partial charge >= 0.3 is 0 Å². The van der Waals surface area contributed by atoms with Crippen LogP contribution in [0.15, 0.2) is 27.6 Å². The second-order valence-electron chi connectivity index (χ2n) is 4.57. The summed E-state index contributed by atoms with van der Waals surface area (Å²) in [6.45, 7) is 3.09. The zero-order chi connectivity index (χ0) is 14.0. The number of halogens is 1. The Hall–Kier alpha value is -0.470. The molecule has 0 aromatic heterocycles. The van der Waals surface area contributed by atoms with E-state index in [4.69, 9.17) is 4.74 Å². The first-order valence-corrected chi connectivity index (χ1v) is 8.23. The average Bonchev–Trinajstić information content (AvgIpc) is 2.79. The molecule has 1 aliphatic rings. The summed E-state index contributed by atoms with van der Waals surface area (Å²) in [4.78, 5) is 0.273. The molecule has 2 N–H and O–H groups in total. The first-order chi connectivity index (χ1) is 8.94. The number of sulfonamides is 1. The number of benzene rings is 1. The Morgan fingerprint density at radius 3 is 2.79 bits per heavy atom. The molecule has 0 saturated carbocycles. The molecule has 0 radical (unpaired) electrons. The Bertz CT molecular complexity index is 562. The summed E-state index contributed by atoms with van der Waals surface area (Å²) in [5.74, 6) is 0. The highest BCUT2D eigenvalue weighted by molar-refractivity contribution is 9.10. The van der Waals surface area contributed by atoms with Crippen LogP contribution in [-0.2, 0) is 14.8 Å². The molecule has 1 unspecified atom stereocenters. The highest BCUT2D eigenvalue weighted by Gasteiger charge is 2.31. The van der Waals surface area contributed by atoms with Crippen molar-refractivity contribution in [2.24, 2.45) is 0 Å². The zero-order valence-corrected chi connectivity index (χ0v) is 13.2. The van der Waals surface area contributed by atoms with E-state index in [0.29, 0.717) is 13.1 Å². The average molecular weight is 349 g/mol. The van der Waals surface area contributed by atoms with E-state index in [0.717, 1.165) is 10.0 Å². The minimum atomic E-state index is -3.52. The van der Waals surface area contributed by atoms with Crippen LogP contribution in [0.5, 0.6) is 0 Å². The molecule has 1 heterocycles.